The highest BCUT2D eigenvalue weighted by atomic mass is 19.4. The smallest absolute Gasteiger partial charge is 0.311 e. The SMILES string of the molecule is CC(C)CCC(C)NC1CCCCC1C(F)(F)F. The van der Waals surface area contributed by atoms with Crippen molar-refractivity contribution < 1.29 is 13.2 Å². The van der Waals surface area contributed by atoms with E-state index in [1.165, 1.54) is 0 Å². The second-order valence-electron chi connectivity index (χ2n) is 6.08. The van der Waals surface area contributed by atoms with Crippen molar-refractivity contribution in [2.24, 2.45) is 11.8 Å². The molecule has 1 fully saturated rings. The Hall–Kier alpha value is -0.250. The second kappa shape index (κ2) is 6.78. The number of hydrogen-bond acceptors (Lipinski definition) is 1. The highest BCUT2D eigenvalue weighted by Crippen LogP contribution is 2.38. The molecule has 1 saturated carbocycles. The average Bonchev–Trinajstić information content (AvgIpc) is 2.25. The van der Waals surface area contributed by atoms with Crippen LogP contribution < -0.4 is 5.32 Å². The van der Waals surface area contributed by atoms with Gasteiger partial charge in [-0.2, -0.15) is 13.2 Å². The van der Waals surface area contributed by atoms with Crippen LogP contribution in [0.4, 0.5) is 13.2 Å². The number of halogens is 3. The van der Waals surface area contributed by atoms with Gasteiger partial charge in [0.1, 0.15) is 0 Å². The van der Waals surface area contributed by atoms with Crippen LogP contribution in [0.2, 0.25) is 0 Å². The van der Waals surface area contributed by atoms with Gasteiger partial charge in [0.25, 0.3) is 0 Å². The van der Waals surface area contributed by atoms with Crippen LogP contribution in [-0.2, 0) is 0 Å². The van der Waals surface area contributed by atoms with E-state index in [-0.39, 0.29) is 18.5 Å². The maximum Gasteiger partial charge on any atom is 0.393 e. The lowest BCUT2D eigenvalue weighted by molar-refractivity contribution is -0.189. The van der Waals surface area contributed by atoms with Crippen LogP contribution >= 0.6 is 0 Å². The van der Waals surface area contributed by atoms with E-state index in [0.717, 1.165) is 19.3 Å². The molecule has 1 rings (SSSR count). The molecule has 0 spiro atoms. The first kappa shape index (κ1) is 15.8. The molecule has 0 saturated heterocycles. The van der Waals surface area contributed by atoms with Gasteiger partial charge in [0.05, 0.1) is 5.92 Å². The summed E-state index contributed by atoms with van der Waals surface area (Å²) in [5, 5.41) is 3.21. The summed E-state index contributed by atoms with van der Waals surface area (Å²) in [6.45, 7) is 6.29. The van der Waals surface area contributed by atoms with Gasteiger partial charge < -0.3 is 5.32 Å². The molecule has 3 unspecified atom stereocenters. The molecule has 0 heterocycles. The van der Waals surface area contributed by atoms with Gasteiger partial charge in [-0.05, 0) is 38.5 Å². The van der Waals surface area contributed by atoms with Crippen molar-refractivity contribution >= 4 is 0 Å². The van der Waals surface area contributed by atoms with Gasteiger partial charge in [0.2, 0.25) is 0 Å². The summed E-state index contributed by atoms with van der Waals surface area (Å²) in [5.74, 6) is -0.535. The van der Waals surface area contributed by atoms with E-state index in [1.807, 2.05) is 6.92 Å². The first-order chi connectivity index (χ1) is 8.30. The van der Waals surface area contributed by atoms with Crippen molar-refractivity contribution in [3.63, 3.8) is 0 Å². The summed E-state index contributed by atoms with van der Waals surface area (Å²) in [6, 6.07) is -0.193. The summed E-state index contributed by atoms with van der Waals surface area (Å²) in [4.78, 5) is 0. The summed E-state index contributed by atoms with van der Waals surface area (Å²) in [6.07, 6.45) is 0.560. The molecule has 0 radical (unpaired) electrons. The van der Waals surface area contributed by atoms with Gasteiger partial charge in [-0.25, -0.2) is 0 Å². The Morgan fingerprint density at radius 2 is 1.67 bits per heavy atom. The van der Waals surface area contributed by atoms with Gasteiger partial charge >= 0.3 is 6.18 Å². The molecule has 1 aliphatic rings. The predicted molar refractivity (Wildman–Crippen MR) is 68.5 cm³/mol. The van der Waals surface area contributed by atoms with E-state index in [4.69, 9.17) is 0 Å². The van der Waals surface area contributed by atoms with Gasteiger partial charge in [-0.15, -0.1) is 0 Å². The Morgan fingerprint density at radius 3 is 2.22 bits per heavy atom. The zero-order valence-electron chi connectivity index (χ0n) is 11.7. The third-order valence-electron chi connectivity index (χ3n) is 3.86. The van der Waals surface area contributed by atoms with E-state index in [9.17, 15) is 13.2 Å². The minimum absolute atomic E-state index is 0.181. The van der Waals surface area contributed by atoms with Crippen LogP contribution in [0.25, 0.3) is 0 Å². The minimum Gasteiger partial charge on any atom is -0.311 e. The maximum atomic E-state index is 12.9. The molecule has 1 N–H and O–H groups in total. The monoisotopic (exact) mass is 265 g/mol. The van der Waals surface area contributed by atoms with Crippen molar-refractivity contribution in [3.8, 4) is 0 Å². The average molecular weight is 265 g/mol. The molecule has 1 nitrogen and oxygen atoms in total. The van der Waals surface area contributed by atoms with E-state index in [0.29, 0.717) is 18.8 Å². The molecule has 18 heavy (non-hydrogen) atoms. The van der Waals surface area contributed by atoms with Gasteiger partial charge in [0, 0.05) is 12.1 Å². The molecular weight excluding hydrogens is 239 g/mol. The predicted octanol–water partition coefficient (Wildman–Crippen LogP) is 4.52. The Morgan fingerprint density at radius 1 is 1.06 bits per heavy atom. The highest BCUT2D eigenvalue weighted by Gasteiger charge is 2.45. The molecule has 0 bridgehead atoms. The Kier molecular flexibility index (Phi) is 5.96. The summed E-state index contributed by atoms with van der Waals surface area (Å²) in [5.41, 5.74) is 0. The van der Waals surface area contributed by atoms with E-state index >= 15 is 0 Å². The lowest BCUT2D eigenvalue weighted by Gasteiger charge is -2.35. The zero-order valence-corrected chi connectivity index (χ0v) is 11.7. The van der Waals surface area contributed by atoms with Crippen LogP contribution in [0.1, 0.15) is 59.3 Å². The molecule has 0 amide bonds. The number of alkyl halides is 3. The topological polar surface area (TPSA) is 12.0 Å². The molecule has 4 heteroatoms. The van der Waals surface area contributed by atoms with Gasteiger partial charge in [0.15, 0.2) is 0 Å². The molecule has 0 aromatic carbocycles. The Labute approximate surface area is 109 Å². The maximum absolute atomic E-state index is 12.9. The molecular formula is C14H26F3N. The van der Waals surface area contributed by atoms with Crippen LogP contribution in [0.15, 0.2) is 0 Å². The summed E-state index contributed by atoms with van der Waals surface area (Å²) >= 11 is 0. The van der Waals surface area contributed by atoms with Crippen molar-refractivity contribution in [2.75, 3.05) is 0 Å². The zero-order chi connectivity index (χ0) is 13.8. The van der Waals surface area contributed by atoms with Crippen molar-refractivity contribution in [1.29, 1.82) is 0 Å². The third kappa shape index (κ3) is 5.17. The van der Waals surface area contributed by atoms with Crippen molar-refractivity contribution in [1.82, 2.24) is 5.32 Å². The van der Waals surface area contributed by atoms with Crippen LogP contribution in [0.3, 0.4) is 0 Å². The van der Waals surface area contributed by atoms with Crippen molar-refractivity contribution in [3.05, 3.63) is 0 Å². The third-order valence-corrected chi connectivity index (χ3v) is 3.86. The van der Waals surface area contributed by atoms with Gasteiger partial charge in [-0.3, -0.25) is 0 Å². The van der Waals surface area contributed by atoms with Gasteiger partial charge in [-0.1, -0.05) is 26.7 Å². The number of nitrogens with one attached hydrogen (secondary N) is 1. The summed E-state index contributed by atoms with van der Waals surface area (Å²) in [7, 11) is 0. The van der Waals surface area contributed by atoms with E-state index in [2.05, 4.69) is 19.2 Å². The number of rotatable bonds is 5. The normalized spacial score (nSPS) is 27.5. The molecule has 108 valence electrons. The summed E-state index contributed by atoms with van der Waals surface area (Å²) < 4.78 is 38.7. The Balaban J connectivity index is 2.46. The fourth-order valence-electron chi connectivity index (χ4n) is 2.75. The van der Waals surface area contributed by atoms with E-state index < -0.39 is 12.1 Å². The fourth-order valence-corrected chi connectivity index (χ4v) is 2.75. The molecule has 1 aliphatic carbocycles. The lowest BCUT2D eigenvalue weighted by atomic mass is 9.83. The highest BCUT2D eigenvalue weighted by molar-refractivity contribution is 4.87. The van der Waals surface area contributed by atoms with E-state index in [1.54, 1.807) is 0 Å². The van der Waals surface area contributed by atoms with Crippen LogP contribution in [-0.4, -0.2) is 18.3 Å². The number of hydrogen-bond donors (Lipinski definition) is 1. The first-order valence-corrected chi connectivity index (χ1v) is 7.13. The largest absolute Gasteiger partial charge is 0.393 e. The minimum atomic E-state index is -4.05. The molecule has 0 aromatic rings. The quantitative estimate of drug-likeness (QED) is 0.770. The fraction of sp³-hybridized carbons (Fsp3) is 1.00. The first-order valence-electron chi connectivity index (χ1n) is 7.13. The van der Waals surface area contributed by atoms with Crippen LogP contribution in [0, 0.1) is 11.8 Å². The van der Waals surface area contributed by atoms with Crippen molar-refractivity contribution in [2.45, 2.75) is 77.6 Å². The lowest BCUT2D eigenvalue weighted by Crippen LogP contribution is -2.48. The second-order valence-corrected chi connectivity index (χ2v) is 6.08. The molecule has 3 atom stereocenters. The molecule has 0 aromatic heterocycles. The van der Waals surface area contributed by atoms with Crippen LogP contribution in [0.5, 0.6) is 0 Å². The molecule has 0 aliphatic heterocycles. The Bertz CT molecular complexity index is 238. The standard InChI is InChI=1S/C14H26F3N/c1-10(2)8-9-11(3)18-13-7-5-4-6-12(13)14(15,16)17/h10-13,18H,4-9H2,1-3H3.